The van der Waals surface area contributed by atoms with Gasteiger partial charge in [0.05, 0.1) is 12.2 Å². The second kappa shape index (κ2) is 5.40. The molecule has 0 aliphatic carbocycles. The van der Waals surface area contributed by atoms with E-state index in [9.17, 15) is 14.0 Å². The summed E-state index contributed by atoms with van der Waals surface area (Å²) < 4.78 is 19.2. The van der Waals surface area contributed by atoms with Gasteiger partial charge in [-0.15, -0.1) is 0 Å². The Bertz CT molecular complexity index is 586. The van der Waals surface area contributed by atoms with E-state index in [1.54, 1.807) is 18.2 Å². The number of hydrogen-bond donors (Lipinski definition) is 1. The summed E-state index contributed by atoms with van der Waals surface area (Å²) in [5, 5.41) is 2.50. The van der Waals surface area contributed by atoms with E-state index in [-0.39, 0.29) is 6.10 Å². The highest BCUT2D eigenvalue weighted by Gasteiger charge is 2.33. The lowest BCUT2D eigenvalue weighted by Gasteiger charge is -2.21. The van der Waals surface area contributed by atoms with Crippen molar-refractivity contribution in [3.63, 3.8) is 0 Å². The van der Waals surface area contributed by atoms with E-state index in [2.05, 4.69) is 27.9 Å². The number of cyclic esters (lactones) is 1. The van der Waals surface area contributed by atoms with Crippen LogP contribution in [0.25, 0.3) is 0 Å². The second-order valence-corrected chi connectivity index (χ2v) is 6.34. The van der Waals surface area contributed by atoms with E-state index in [4.69, 9.17) is 4.74 Å². The Morgan fingerprint density at radius 3 is 3.00 bits per heavy atom. The van der Waals surface area contributed by atoms with Crippen LogP contribution in [-0.4, -0.2) is 34.6 Å². The quantitative estimate of drug-likeness (QED) is 0.604. The molecule has 1 saturated heterocycles. The number of ether oxygens (including phenoxy) is 1. The van der Waals surface area contributed by atoms with Crippen molar-refractivity contribution >= 4 is 57.7 Å². The largest absolute Gasteiger partial charge is 0.443 e. The number of nitrogens with one attached hydrogen (secondary N) is 1. The summed E-state index contributed by atoms with van der Waals surface area (Å²) in [6.45, 7) is 0.480. The van der Waals surface area contributed by atoms with E-state index in [1.807, 2.05) is 0 Å². The lowest BCUT2D eigenvalue weighted by Crippen LogP contribution is -2.27. The van der Waals surface area contributed by atoms with Crippen molar-refractivity contribution in [1.29, 1.82) is 0 Å². The third-order valence-electron chi connectivity index (χ3n) is 3.02. The van der Waals surface area contributed by atoms with Gasteiger partial charge in [0.15, 0.2) is 0 Å². The number of rotatable bonds is 2. The van der Waals surface area contributed by atoms with E-state index in [0.29, 0.717) is 22.8 Å². The Hall–Kier alpha value is -1.03. The Labute approximate surface area is 132 Å². The van der Waals surface area contributed by atoms with Crippen LogP contribution in [0.1, 0.15) is 0 Å². The molecular formula is C12H10FIN2O3S. The first kappa shape index (κ1) is 13.9. The Balaban J connectivity index is 1.88. The summed E-state index contributed by atoms with van der Waals surface area (Å²) in [6.07, 6.45) is -0.525. The summed E-state index contributed by atoms with van der Waals surface area (Å²) in [4.78, 5) is 25.3. The fraction of sp³-hybridized carbons (Fsp3) is 0.333. The van der Waals surface area contributed by atoms with Crippen LogP contribution in [0, 0.1) is 0 Å². The monoisotopic (exact) mass is 408 g/mol. The average Bonchev–Trinajstić information content (AvgIpc) is 2.81. The molecule has 106 valence electrons. The summed E-state index contributed by atoms with van der Waals surface area (Å²) in [5.41, 5.74) is -0.426. The molecule has 3 rings (SSSR count). The third-order valence-corrected chi connectivity index (χ3v) is 5.03. The van der Waals surface area contributed by atoms with Crippen molar-refractivity contribution < 1.29 is 18.7 Å². The molecule has 0 aromatic heterocycles. The molecule has 8 heteroatoms. The number of fused-ring (bicyclic) bond motifs is 1. The summed E-state index contributed by atoms with van der Waals surface area (Å²) in [5.74, 6) is -0.672. The van der Waals surface area contributed by atoms with E-state index >= 15 is 0 Å². The fourth-order valence-corrected chi connectivity index (χ4v) is 3.28. The number of alkyl halides is 2. The van der Waals surface area contributed by atoms with Crippen LogP contribution in [0.3, 0.4) is 0 Å². The zero-order valence-electron chi connectivity index (χ0n) is 10.1. The molecule has 0 bridgehead atoms. The predicted octanol–water partition coefficient (Wildman–Crippen LogP) is 2.79. The number of carbonyl (C=O) groups is 2. The van der Waals surface area contributed by atoms with Crippen LogP contribution >= 0.6 is 34.4 Å². The van der Waals surface area contributed by atoms with Crippen molar-refractivity contribution in [2.45, 2.75) is 16.5 Å². The van der Waals surface area contributed by atoms with E-state index in [1.165, 1.54) is 4.90 Å². The maximum atomic E-state index is 13.3. The van der Waals surface area contributed by atoms with Gasteiger partial charge in [-0.25, -0.2) is 9.18 Å². The molecule has 2 heterocycles. The Morgan fingerprint density at radius 2 is 2.30 bits per heavy atom. The summed E-state index contributed by atoms with van der Waals surface area (Å²) in [7, 11) is 0. The average molecular weight is 408 g/mol. The third kappa shape index (κ3) is 2.46. The van der Waals surface area contributed by atoms with Crippen molar-refractivity contribution in [2.24, 2.45) is 0 Å². The smallest absolute Gasteiger partial charge is 0.414 e. The van der Waals surface area contributed by atoms with Crippen LogP contribution < -0.4 is 10.2 Å². The minimum atomic E-state index is -1.59. The highest BCUT2D eigenvalue weighted by molar-refractivity contribution is 14.1. The number of nitrogens with zero attached hydrogens (tertiary/aromatic N) is 1. The van der Waals surface area contributed by atoms with Gasteiger partial charge in [0.1, 0.15) is 6.10 Å². The first-order valence-corrected chi connectivity index (χ1v) is 8.29. The van der Waals surface area contributed by atoms with Gasteiger partial charge in [-0.05, 0) is 18.2 Å². The molecular weight excluding hydrogens is 398 g/mol. The maximum absolute atomic E-state index is 13.3. The summed E-state index contributed by atoms with van der Waals surface area (Å²) in [6, 6.07) is 5.10. The number of benzene rings is 1. The minimum Gasteiger partial charge on any atom is -0.443 e. The van der Waals surface area contributed by atoms with Gasteiger partial charge in [0, 0.05) is 15.0 Å². The number of thioether (sulfide) groups is 1. The second-order valence-electron chi connectivity index (χ2n) is 4.37. The van der Waals surface area contributed by atoms with Gasteiger partial charge in [0.2, 0.25) is 5.50 Å². The number of amides is 2. The van der Waals surface area contributed by atoms with Crippen LogP contribution in [0.2, 0.25) is 0 Å². The lowest BCUT2D eigenvalue weighted by molar-refractivity contribution is -0.118. The predicted molar refractivity (Wildman–Crippen MR) is 82.3 cm³/mol. The van der Waals surface area contributed by atoms with Gasteiger partial charge in [-0.1, -0.05) is 34.4 Å². The standard InChI is InChI=1S/C12H10FIN2O3S/c13-10-11(17)15-8-3-6(1-2-9(8)20-10)16-5-7(4-14)19-12(16)18/h1-3,7,10H,4-5H2,(H,15,17)/t7-,10?/m1/s1. The number of carbonyl (C=O) groups excluding carboxylic acids is 2. The summed E-state index contributed by atoms with van der Waals surface area (Å²) >= 11 is 3.02. The first-order chi connectivity index (χ1) is 9.58. The van der Waals surface area contributed by atoms with Crippen molar-refractivity contribution in [3.8, 4) is 0 Å². The van der Waals surface area contributed by atoms with Crippen molar-refractivity contribution in [2.75, 3.05) is 21.2 Å². The molecule has 5 nitrogen and oxygen atoms in total. The minimum absolute atomic E-state index is 0.127. The van der Waals surface area contributed by atoms with Gasteiger partial charge < -0.3 is 10.1 Å². The molecule has 2 aliphatic heterocycles. The first-order valence-electron chi connectivity index (χ1n) is 5.88. The van der Waals surface area contributed by atoms with Gasteiger partial charge in [-0.3, -0.25) is 9.69 Å². The number of anilines is 2. The van der Waals surface area contributed by atoms with Gasteiger partial charge in [-0.2, -0.15) is 0 Å². The van der Waals surface area contributed by atoms with Crippen LogP contribution in [0.15, 0.2) is 23.1 Å². The Morgan fingerprint density at radius 1 is 1.50 bits per heavy atom. The maximum Gasteiger partial charge on any atom is 0.414 e. The Kier molecular flexibility index (Phi) is 3.76. The molecule has 20 heavy (non-hydrogen) atoms. The lowest BCUT2D eigenvalue weighted by atomic mass is 10.2. The fourth-order valence-electron chi connectivity index (χ4n) is 2.05. The molecule has 1 N–H and O–H groups in total. The van der Waals surface area contributed by atoms with Crippen molar-refractivity contribution in [3.05, 3.63) is 18.2 Å². The zero-order chi connectivity index (χ0) is 14.3. The normalized spacial score (nSPS) is 25.2. The van der Waals surface area contributed by atoms with Crippen LogP contribution in [-0.2, 0) is 9.53 Å². The molecule has 1 unspecified atom stereocenters. The molecule has 1 aromatic rings. The molecule has 0 spiro atoms. The van der Waals surface area contributed by atoms with Crippen LogP contribution in [0.4, 0.5) is 20.6 Å². The highest BCUT2D eigenvalue weighted by atomic mass is 127. The molecule has 1 aromatic carbocycles. The molecule has 2 aliphatic rings. The zero-order valence-corrected chi connectivity index (χ0v) is 13.1. The van der Waals surface area contributed by atoms with Gasteiger partial charge in [0.25, 0.3) is 5.91 Å². The number of halogens is 2. The van der Waals surface area contributed by atoms with Crippen molar-refractivity contribution in [1.82, 2.24) is 0 Å². The van der Waals surface area contributed by atoms with E-state index in [0.717, 1.165) is 16.2 Å². The van der Waals surface area contributed by atoms with E-state index < -0.39 is 17.5 Å². The molecule has 0 saturated carbocycles. The molecule has 2 amide bonds. The highest BCUT2D eigenvalue weighted by Crippen LogP contribution is 2.39. The van der Waals surface area contributed by atoms with Gasteiger partial charge >= 0.3 is 6.09 Å². The number of hydrogen-bond acceptors (Lipinski definition) is 4. The molecule has 0 radical (unpaired) electrons. The molecule has 2 atom stereocenters. The van der Waals surface area contributed by atoms with Crippen LogP contribution in [0.5, 0.6) is 0 Å². The molecule has 1 fully saturated rings. The topological polar surface area (TPSA) is 58.6 Å². The SMILES string of the molecule is O=C1Nc2cc(N3C[C@@H](CI)OC3=O)ccc2SC1F.